The van der Waals surface area contributed by atoms with Crippen LogP contribution in [-0.4, -0.2) is 14.2 Å². The molecule has 5 heteroatoms. The van der Waals surface area contributed by atoms with Gasteiger partial charge in [0.1, 0.15) is 16.9 Å². The SMILES string of the molecule is COc1ccsc1C(Cl)c1c(C)c(Br)cc(C)c1OC. The van der Waals surface area contributed by atoms with Crippen LogP contribution in [0.2, 0.25) is 0 Å². The molecule has 0 N–H and O–H groups in total. The topological polar surface area (TPSA) is 18.5 Å². The minimum Gasteiger partial charge on any atom is -0.496 e. The summed E-state index contributed by atoms with van der Waals surface area (Å²) < 4.78 is 12.0. The Morgan fingerprint density at radius 1 is 1.25 bits per heavy atom. The Morgan fingerprint density at radius 2 is 1.95 bits per heavy atom. The number of hydrogen-bond acceptors (Lipinski definition) is 3. The van der Waals surface area contributed by atoms with Crippen molar-refractivity contribution in [1.29, 1.82) is 0 Å². The van der Waals surface area contributed by atoms with Gasteiger partial charge in [-0.05, 0) is 42.5 Å². The van der Waals surface area contributed by atoms with E-state index in [9.17, 15) is 0 Å². The number of rotatable bonds is 4. The number of hydrogen-bond donors (Lipinski definition) is 0. The average Bonchev–Trinajstić information content (AvgIpc) is 2.90. The zero-order valence-electron chi connectivity index (χ0n) is 11.8. The van der Waals surface area contributed by atoms with E-state index in [2.05, 4.69) is 15.9 Å². The third kappa shape index (κ3) is 2.69. The highest BCUT2D eigenvalue weighted by molar-refractivity contribution is 9.10. The standard InChI is InChI=1S/C15H16BrClO2S/c1-8-7-10(16)9(2)12(14(8)19-4)13(17)15-11(18-3)5-6-20-15/h5-7,13H,1-4H3. The van der Waals surface area contributed by atoms with Crippen molar-refractivity contribution < 1.29 is 9.47 Å². The first-order valence-electron chi connectivity index (χ1n) is 6.10. The first-order chi connectivity index (χ1) is 9.51. The molecule has 0 aliphatic carbocycles. The van der Waals surface area contributed by atoms with Crippen molar-refractivity contribution in [3.8, 4) is 11.5 Å². The fourth-order valence-electron chi connectivity index (χ4n) is 2.25. The van der Waals surface area contributed by atoms with Crippen molar-refractivity contribution >= 4 is 38.9 Å². The summed E-state index contributed by atoms with van der Waals surface area (Å²) in [6.07, 6.45) is 0. The minimum absolute atomic E-state index is 0.295. The van der Waals surface area contributed by atoms with E-state index in [0.717, 1.165) is 37.5 Å². The Kier molecular flexibility index (Phi) is 4.99. The monoisotopic (exact) mass is 374 g/mol. The number of alkyl halides is 1. The predicted molar refractivity (Wildman–Crippen MR) is 88.7 cm³/mol. The third-order valence-electron chi connectivity index (χ3n) is 3.27. The highest BCUT2D eigenvalue weighted by atomic mass is 79.9. The van der Waals surface area contributed by atoms with Gasteiger partial charge < -0.3 is 9.47 Å². The first-order valence-corrected chi connectivity index (χ1v) is 8.21. The maximum atomic E-state index is 6.72. The van der Waals surface area contributed by atoms with E-state index in [1.807, 2.05) is 31.4 Å². The molecular weight excluding hydrogens is 360 g/mol. The normalized spacial score (nSPS) is 12.3. The minimum atomic E-state index is -0.295. The fraction of sp³-hybridized carbons (Fsp3) is 0.333. The summed E-state index contributed by atoms with van der Waals surface area (Å²) in [5.41, 5.74) is 3.13. The van der Waals surface area contributed by atoms with Gasteiger partial charge in [-0.3, -0.25) is 0 Å². The molecule has 108 valence electrons. The van der Waals surface area contributed by atoms with Gasteiger partial charge in [0.2, 0.25) is 0 Å². The second-order valence-corrected chi connectivity index (χ2v) is 6.70. The van der Waals surface area contributed by atoms with E-state index >= 15 is 0 Å². The van der Waals surface area contributed by atoms with Crippen molar-refractivity contribution in [3.63, 3.8) is 0 Å². The van der Waals surface area contributed by atoms with Gasteiger partial charge in [0, 0.05) is 10.0 Å². The van der Waals surface area contributed by atoms with Gasteiger partial charge in [0.25, 0.3) is 0 Å². The van der Waals surface area contributed by atoms with Crippen LogP contribution in [0.1, 0.15) is 26.9 Å². The zero-order valence-corrected chi connectivity index (χ0v) is 14.9. The van der Waals surface area contributed by atoms with Gasteiger partial charge >= 0.3 is 0 Å². The molecule has 1 atom stereocenters. The van der Waals surface area contributed by atoms with Crippen molar-refractivity contribution in [2.24, 2.45) is 0 Å². The molecule has 1 aromatic heterocycles. The van der Waals surface area contributed by atoms with Gasteiger partial charge in [-0.25, -0.2) is 0 Å². The van der Waals surface area contributed by atoms with E-state index in [1.54, 1.807) is 25.6 Å². The van der Waals surface area contributed by atoms with Crippen LogP contribution in [0.4, 0.5) is 0 Å². The second kappa shape index (κ2) is 6.37. The Hall–Kier alpha value is -0.710. The lowest BCUT2D eigenvalue weighted by Crippen LogP contribution is -2.03. The van der Waals surface area contributed by atoms with Crippen LogP contribution in [0.25, 0.3) is 0 Å². The molecule has 2 rings (SSSR count). The van der Waals surface area contributed by atoms with Gasteiger partial charge in [-0.1, -0.05) is 15.9 Å². The summed E-state index contributed by atoms with van der Waals surface area (Å²) in [7, 11) is 3.33. The number of ether oxygens (including phenoxy) is 2. The summed E-state index contributed by atoms with van der Waals surface area (Å²) in [6, 6.07) is 3.98. The van der Waals surface area contributed by atoms with E-state index < -0.39 is 0 Å². The molecule has 1 heterocycles. The number of halogens is 2. The van der Waals surface area contributed by atoms with Crippen LogP contribution in [0.3, 0.4) is 0 Å². The predicted octanol–water partition coefficient (Wildman–Crippen LogP) is 5.47. The summed E-state index contributed by atoms with van der Waals surface area (Å²) >= 11 is 11.9. The van der Waals surface area contributed by atoms with Gasteiger partial charge in [0.15, 0.2) is 0 Å². The Morgan fingerprint density at radius 3 is 2.55 bits per heavy atom. The third-order valence-corrected chi connectivity index (χ3v) is 5.63. The summed E-state index contributed by atoms with van der Waals surface area (Å²) in [6.45, 7) is 4.05. The zero-order chi connectivity index (χ0) is 14.9. The molecule has 0 aliphatic rings. The number of methoxy groups -OCH3 is 2. The van der Waals surface area contributed by atoms with Crippen LogP contribution in [0.5, 0.6) is 11.5 Å². The highest BCUT2D eigenvalue weighted by Gasteiger charge is 2.25. The molecule has 1 unspecified atom stereocenters. The van der Waals surface area contributed by atoms with Crippen LogP contribution in [0.15, 0.2) is 22.0 Å². The van der Waals surface area contributed by atoms with Crippen molar-refractivity contribution in [1.82, 2.24) is 0 Å². The molecule has 20 heavy (non-hydrogen) atoms. The molecule has 0 radical (unpaired) electrons. The molecule has 2 aromatic rings. The van der Waals surface area contributed by atoms with Gasteiger partial charge in [-0.15, -0.1) is 22.9 Å². The molecule has 0 saturated heterocycles. The Bertz CT molecular complexity index is 625. The van der Waals surface area contributed by atoms with Crippen LogP contribution < -0.4 is 9.47 Å². The van der Waals surface area contributed by atoms with Gasteiger partial charge in [-0.2, -0.15) is 0 Å². The number of benzene rings is 1. The Balaban J connectivity index is 2.62. The number of thiophene rings is 1. The van der Waals surface area contributed by atoms with Crippen LogP contribution >= 0.6 is 38.9 Å². The van der Waals surface area contributed by atoms with E-state index in [0.29, 0.717) is 0 Å². The molecule has 0 fully saturated rings. The first kappa shape index (κ1) is 15.7. The summed E-state index contributed by atoms with van der Waals surface area (Å²) in [5, 5.41) is 1.69. The quantitative estimate of drug-likeness (QED) is 0.659. The average molecular weight is 376 g/mol. The fourth-order valence-corrected chi connectivity index (χ4v) is 4.17. The summed E-state index contributed by atoms with van der Waals surface area (Å²) in [5.74, 6) is 1.65. The molecule has 0 saturated carbocycles. The largest absolute Gasteiger partial charge is 0.496 e. The smallest absolute Gasteiger partial charge is 0.134 e. The lowest BCUT2D eigenvalue weighted by Gasteiger charge is -2.20. The van der Waals surface area contributed by atoms with Crippen molar-refractivity contribution in [2.75, 3.05) is 14.2 Å². The molecule has 0 bridgehead atoms. The second-order valence-electron chi connectivity index (χ2n) is 4.46. The molecule has 1 aromatic carbocycles. The molecule has 2 nitrogen and oxygen atoms in total. The van der Waals surface area contributed by atoms with Crippen molar-refractivity contribution in [3.05, 3.63) is 43.6 Å². The lowest BCUT2D eigenvalue weighted by atomic mass is 9.99. The lowest BCUT2D eigenvalue weighted by molar-refractivity contribution is 0.403. The molecule has 0 amide bonds. The molecular formula is C15H16BrClO2S. The Labute approximate surface area is 136 Å². The van der Waals surface area contributed by atoms with Gasteiger partial charge in [0.05, 0.1) is 19.1 Å². The molecule has 0 aliphatic heterocycles. The van der Waals surface area contributed by atoms with Crippen LogP contribution in [-0.2, 0) is 0 Å². The van der Waals surface area contributed by atoms with E-state index in [-0.39, 0.29) is 5.38 Å². The maximum Gasteiger partial charge on any atom is 0.134 e. The van der Waals surface area contributed by atoms with E-state index in [4.69, 9.17) is 21.1 Å². The molecule has 0 spiro atoms. The van der Waals surface area contributed by atoms with E-state index in [1.165, 1.54) is 0 Å². The highest BCUT2D eigenvalue weighted by Crippen LogP contribution is 2.46. The van der Waals surface area contributed by atoms with Crippen LogP contribution in [0, 0.1) is 13.8 Å². The number of aryl methyl sites for hydroxylation is 1. The maximum absolute atomic E-state index is 6.72. The van der Waals surface area contributed by atoms with Crippen molar-refractivity contribution in [2.45, 2.75) is 19.2 Å². The summed E-state index contributed by atoms with van der Waals surface area (Å²) in [4.78, 5) is 0.994.